The molecule has 2 aliphatic rings. The highest BCUT2D eigenvalue weighted by atomic mass is 32.1. The molecular formula is C23H25N5O2S. The first-order chi connectivity index (χ1) is 15.1. The normalized spacial score (nSPS) is 20.2. The van der Waals surface area contributed by atoms with Crippen LogP contribution in [0.1, 0.15) is 36.6 Å². The summed E-state index contributed by atoms with van der Waals surface area (Å²) in [6.45, 7) is 5.13. The first kappa shape index (κ1) is 19.0. The van der Waals surface area contributed by atoms with Gasteiger partial charge in [0.05, 0.1) is 10.9 Å². The number of anilines is 1. The number of H-pyrrole nitrogens is 1. The van der Waals surface area contributed by atoms with Crippen LogP contribution in [-0.4, -0.2) is 34.1 Å². The first-order valence-electron chi connectivity index (χ1n) is 10.9. The highest BCUT2D eigenvalue weighted by molar-refractivity contribution is 7.18. The van der Waals surface area contributed by atoms with E-state index in [1.54, 1.807) is 17.7 Å². The maximum Gasteiger partial charge on any atom is 0.417 e. The lowest BCUT2D eigenvalue weighted by molar-refractivity contribution is 0.214. The minimum Gasteiger partial charge on any atom is -0.408 e. The molecule has 1 unspecified atom stereocenters. The number of fused-ring (bicyclic) bond motifs is 2. The van der Waals surface area contributed by atoms with Crippen LogP contribution in [0.3, 0.4) is 0 Å². The van der Waals surface area contributed by atoms with Gasteiger partial charge in [0.1, 0.15) is 17.0 Å². The molecule has 2 N–H and O–H groups in total. The molecule has 1 aliphatic carbocycles. The maximum atomic E-state index is 11.3. The van der Waals surface area contributed by atoms with Gasteiger partial charge in [0.15, 0.2) is 5.58 Å². The predicted molar refractivity (Wildman–Crippen MR) is 123 cm³/mol. The highest BCUT2D eigenvalue weighted by Gasteiger charge is 2.48. The Kier molecular flexibility index (Phi) is 4.40. The Morgan fingerprint density at radius 2 is 2.23 bits per heavy atom. The minimum atomic E-state index is -0.401. The molecule has 1 aliphatic heterocycles. The number of hydrogen-bond acceptors (Lipinski definition) is 7. The van der Waals surface area contributed by atoms with E-state index >= 15 is 0 Å². The van der Waals surface area contributed by atoms with Crippen molar-refractivity contribution >= 4 is 38.5 Å². The summed E-state index contributed by atoms with van der Waals surface area (Å²) in [4.78, 5) is 28.0. The van der Waals surface area contributed by atoms with Crippen LogP contribution in [0.2, 0.25) is 0 Å². The van der Waals surface area contributed by atoms with Crippen LogP contribution in [-0.2, 0) is 13.0 Å². The Balaban J connectivity index is 1.09. The lowest BCUT2D eigenvalue weighted by Crippen LogP contribution is -2.56. The number of hydrogen-bond donors (Lipinski definition) is 2. The van der Waals surface area contributed by atoms with E-state index in [1.807, 2.05) is 18.2 Å². The van der Waals surface area contributed by atoms with Gasteiger partial charge in [-0.3, -0.25) is 4.98 Å². The zero-order valence-electron chi connectivity index (χ0n) is 17.5. The van der Waals surface area contributed by atoms with Crippen LogP contribution < -0.4 is 16.0 Å². The Morgan fingerprint density at radius 1 is 1.32 bits per heavy atom. The van der Waals surface area contributed by atoms with Gasteiger partial charge >= 0.3 is 5.76 Å². The predicted octanol–water partition coefficient (Wildman–Crippen LogP) is 3.84. The molecule has 2 fully saturated rings. The van der Waals surface area contributed by atoms with E-state index < -0.39 is 5.76 Å². The molecule has 0 bridgehead atoms. The largest absolute Gasteiger partial charge is 0.417 e. The van der Waals surface area contributed by atoms with E-state index in [1.165, 1.54) is 29.5 Å². The van der Waals surface area contributed by atoms with Crippen molar-refractivity contribution in [2.24, 2.45) is 5.41 Å². The van der Waals surface area contributed by atoms with E-state index in [-0.39, 0.29) is 0 Å². The summed E-state index contributed by atoms with van der Waals surface area (Å²) >= 11 is 1.78. The van der Waals surface area contributed by atoms with Gasteiger partial charge in [-0.25, -0.2) is 14.8 Å². The molecule has 6 rings (SSSR count). The lowest BCUT2D eigenvalue weighted by Gasteiger charge is -2.49. The molecule has 1 atom stereocenters. The van der Waals surface area contributed by atoms with Crippen molar-refractivity contribution in [2.45, 2.75) is 45.2 Å². The second-order valence-corrected chi connectivity index (χ2v) is 10.1. The van der Waals surface area contributed by atoms with Crippen LogP contribution in [0.25, 0.3) is 21.3 Å². The number of oxazole rings is 1. The van der Waals surface area contributed by atoms with Gasteiger partial charge in [0.2, 0.25) is 0 Å². The number of nitrogens with one attached hydrogen (secondary N) is 2. The van der Waals surface area contributed by atoms with E-state index in [0.29, 0.717) is 17.0 Å². The van der Waals surface area contributed by atoms with Crippen molar-refractivity contribution in [3.05, 3.63) is 51.6 Å². The molecule has 1 saturated heterocycles. The van der Waals surface area contributed by atoms with E-state index in [9.17, 15) is 4.79 Å². The third kappa shape index (κ3) is 3.34. The lowest BCUT2D eigenvalue weighted by atomic mass is 9.78. The van der Waals surface area contributed by atoms with Crippen molar-refractivity contribution in [1.82, 2.24) is 20.3 Å². The standard InChI is InChI=1S/C23H25N5O2S/c1-2-16-8-17-20(25-13-26-21(17)31-16)28-11-23(12-28)6-5-15(9-23)24-10-14-3-4-18-19(7-14)30-22(29)27-18/h3-4,7-8,13,15,24H,2,5-6,9-12H2,1H3,(H,27,29). The topological polar surface area (TPSA) is 87.0 Å². The SMILES string of the molecule is CCc1cc2c(N3CC4(CCC(NCc5ccc6[nH]c(=O)oc6c5)C4)C3)ncnc2s1. The van der Waals surface area contributed by atoms with Crippen molar-refractivity contribution in [1.29, 1.82) is 0 Å². The number of thiophene rings is 1. The van der Waals surface area contributed by atoms with Gasteiger partial charge in [-0.1, -0.05) is 13.0 Å². The van der Waals surface area contributed by atoms with Gasteiger partial charge in [0, 0.05) is 36.0 Å². The Hall–Kier alpha value is -2.71. The van der Waals surface area contributed by atoms with Gasteiger partial charge in [-0.15, -0.1) is 11.3 Å². The molecular weight excluding hydrogens is 410 g/mol. The average Bonchev–Trinajstić information content (AvgIpc) is 3.45. The Labute approximate surface area is 183 Å². The van der Waals surface area contributed by atoms with Gasteiger partial charge in [-0.2, -0.15) is 0 Å². The molecule has 4 aromatic rings. The molecule has 1 saturated carbocycles. The number of aryl methyl sites for hydroxylation is 1. The number of rotatable bonds is 5. The summed E-state index contributed by atoms with van der Waals surface area (Å²) < 4.78 is 5.18. The maximum absolute atomic E-state index is 11.3. The second-order valence-electron chi connectivity index (χ2n) is 9.00. The molecule has 8 heteroatoms. The molecule has 0 radical (unpaired) electrons. The van der Waals surface area contributed by atoms with Crippen molar-refractivity contribution in [3.8, 4) is 0 Å². The van der Waals surface area contributed by atoms with E-state index in [4.69, 9.17) is 4.42 Å². The molecule has 0 amide bonds. The zero-order chi connectivity index (χ0) is 21.0. The van der Waals surface area contributed by atoms with E-state index in [2.05, 4.69) is 38.2 Å². The highest BCUT2D eigenvalue weighted by Crippen LogP contribution is 2.48. The summed E-state index contributed by atoms with van der Waals surface area (Å²) in [6.07, 6.45) is 6.41. The van der Waals surface area contributed by atoms with Crippen molar-refractivity contribution in [3.63, 3.8) is 0 Å². The number of aromatic amines is 1. The second kappa shape index (κ2) is 7.17. The minimum absolute atomic E-state index is 0.399. The fourth-order valence-electron chi connectivity index (χ4n) is 5.26. The monoisotopic (exact) mass is 435 g/mol. The smallest absolute Gasteiger partial charge is 0.408 e. The van der Waals surface area contributed by atoms with Crippen molar-refractivity contribution in [2.75, 3.05) is 18.0 Å². The number of benzene rings is 1. The Bertz CT molecular complexity index is 1320. The van der Waals surface area contributed by atoms with Gasteiger partial charge in [0.25, 0.3) is 0 Å². The summed E-state index contributed by atoms with van der Waals surface area (Å²) in [5, 5.41) is 4.92. The molecule has 1 aromatic carbocycles. The quantitative estimate of drug-likeness (QED) is 0.495. The van der Waals surface area contributed by atoms with Crippen LogP contribution >= 0.6 is 11.3 Å². The number of aromatic nitrogens is 3. The molecule has 7 nitrogen and oxygen atoms in total. The van der Waals surface area contributed by atoms with Crippen molar-refractivity contribution < 1.29 is 4.42 Å². The Morgan fingerprint density at radius 3 is 3.10 bits per heavy atom. The molecule has 160 valence electrons. The average molecular weight is 436 g/mol. The molecule has 31 heavy (non-hydrogen) atoms. The summed E-state index contributed by atoms with van der Waals surface area (Å²) in [6, 6.07) is 8.69. The molecule has 3 aromatic heterocycles. The molecule has 1 spiro atoms. The van der Waals surface area contributed by atoms with Crippen LogP contribution in [0.15, 0.2) is 39.8 Å². The molecule has 4 heterocycles. The first-order valence-corrected chi connectivity index (χ1v) is 11.8. The third-order valence-corrected chi connectivity index (χ3v) is 8.03. The van der Waals surface area contributed by atoms with Crippen LogP contribution in [0.4, 0.5) is 5.82 Å². The summed E-state index contributed by atoms with van der Waals surface area (Å²) in [7, 11) is 0. The zero-order valence-corrected chi connectivity index (χ0v) is 18.3. The van der Waals surface area contributed by atoms with Crippen LogP contribution in [0.5, 0.6) is 0 Å². The summed E-state index contributed by atoms with van der Waals surface area (Å²) in [5.74, 6) is 0.700. The van der Waals surface area contributed by atoms with E-state index in [0.717, 1.165) is 47.8 Å². The van der Waals surface area contributed by atoms with Gasteiger partial charge < -0.3 is 14.6 Å². The number of nitrogens with zero attached hydrogens (tertiary/aromatic N) is 3. The van der Waals surface area contributed by atoms with Crippen LogP contribution in [0, 0.1) is 5.41 Å². The van der Waals surface area contributed by atoms with Gasteiger partial charge in [-0.05, 0) is 49.4 Å². The fraction of sp³-hybridized carbons (Fsp3) is 0.435. The summed E-state index contributed by atoms with van der Waals surface area (Å²) in [5.41, 5.74) is 2.91. The third-order valence-electron chi connectivity index (χ3n) is 6.84. The fourth-order valence-corrected chi connectivity index (χ4v) is 6.19.